The van der Waals surface area contributed by atoms with Gasteiger partial charge in [-0.3, -0.25) is 4.57 Å². The molecular weight excluding hydrogens is 400 g/mol. The Kier molecular flexibility index (Phi) is 4.26. The smallest absolute Gasteiger partial charge is 0.345 e. The number of thiophene rings is 1. The lowest BCUT2D eigenvalue weighted by Crippen LogP contribution is -2.17. The second kappa shape index (κ2) is 6.80. The monoisotopic (exact) mass is 414 g/mol. The summed E-state index contributed by atoms with van der Waals surface area (Å²) in [5.41, 5.74) is 2.72. The fourth-order valence-corrected chi connectivity index (χ4v) is 4.63. The van der Waals surface area contributed by atoms with Gasteiger partial charge in [0.2, 0.25) is 5.28 Å². The van der Waals surface area contributed by atoms with Crippen LogP contribution in [-0.2, 0) is 4.74 Å². The number of hydrogen-bond acceptors (Lipinski definition) is 6. The molecule has 1 aliphatic rings. The van der Waals surface area contributed by atoms with Gasteiger partial charge in [-0.25, -0.2) is 14.8 Å². The van der Waals surface area contributed by atoms with Gasteiger partial charge in [-0.1, -0.05) is 12.1 Å². The summed E-state index contributed by atoms with van der Waals surface area (Å²) in [6, 6.07) is 7.37. The normalized spacial score (nSPS) is 17.4. The van der Waals surface area contributed by atoms with Crippen LogP contribution in [0.5, 0.6) is 0 Å². The molecular formula is C19H15ClN4O3S. The molecule has 5 rings (SSSR count). The minimum Gasteiger partial charge on any atom is -0.477 e. The van der Waals surface area contributed by atoms with Crippen molar-refractivity contribution in [2.24, 2.45) is 0 Å². The number of nitrogens with zero attached hydrogens (tertiary/aromatic N) is 4. The number of aromatic carboxylic acids is 1. The zero-order valence-corrected chi connectivity index (χ0v) is 16.2. The maximum Gasteiger partial charge on any atom is 0.345 e. The van der Waals surface area contributed by atoms with E-state index in [0.717, 1.165) is 41.5 Å². The van der Waals surface area contributed by atoms with E-state index in [1.54, 1.807) is 12.4 Å². The van der Waals surface area contributed by atoms with Crippen LogP contribution < -0.4 is 0 Å². The van der Waals surface area contributed by atoms with Crippen molar-refractivity contribution < 1.29 is 14.6 Å². The highest BCUT2D eigenvalue weighted by Crippen LogP contribution is 2.34. The van der Waals surface area contributed by atoms with Gasteiger partial charge < -0.3 is 9.84 Å². The largest absolute Gasteiger partial charge is 0.477 e. The Morgan fingerprint density at radius 3 is 2.96 bits per heavy atom. The van der Waals surface area contributed by atoms with Crippen molar-refractivity contribution in [3.05, 3.63) is 40.8 Å². The number of rotatable bonds is 3. The fourth-order valence-electron chi connectivity index (χ4n) is 3.53. The Hall–Kier alpha value is -2.55. The molecule has 1 saturated heterocycles. The molecule has 4 aromatic rings. The molecule has 0 amide bonds. The van der Waals surface area contributed by atoms with E-state index < -0.39 is 5.97 Å². The maximum absolute atomic E-state index is 11.2. The molecule has 28 heavy (non-hydrogen) atoms. The number of carboxylic acids is 1. The van der Waals surface area contributed by atoms with Gasteiger partial charge in [0.25, 0.3) is 0 Å². The molecule has 1 aromatic carbocycles. The van der Waals surface area contributed by atoms with Gasteiger partial charge in [0.1, 0.15) is 22.3 Å². The summed E-state index contributed by atoms with van der Waals surface area (Å²) < 4.78 is 8.65. The lowest BCUT2D eigenvalue weighted by atomic mass is 10.1. The van der Waals surface area contributed by atoms with Gasteiger partial charge in [-0.05, 0) is 48.4 Å². The second-order valence-corrected chi connectivity index (χ2v) is 8.08. The van der Waals surface area contributed by atoms with Gasteiger partial charge in [0.05, 0.1) is 6.33 Å². The molecule has 0 bridgehead atoms. The van der Waals surface area contributed by atoms with Gasteiger partial charge in [-0.2, -0.15) is 4.98 Å². The third kappa shape index (κ3) is 2.94. The second-order valence-electron chi connectivity index (χ2n) is 6.65. The Labute approximate surface area is 168 Å². The molecule has 4 heterocycles. The minimum absolute atomic E-state index is 0.101. The first kappa shape index (κ1) is 17.5. The van der Waals surface area contributed by atoms with E-state index >= 15 is 0 Å². The Morgan fingerprint density at radius 1 is 1.29 bits per heavy atom. The molecule has 9 heteroatoms. The van der Waals surface area contributed by atoms with Crippen molar-refractivity contribution in [2.45, 2.75) is 25.5 Å². The van der Waals surface area contributed by atoms with Crippen LogP contribution in [0.3, 0.4) is 0 Å². The van der Waals surface area contributed by atoms with Gasteiger partial charge >= 0.3 is 5.97 Å². The first-order valence-electron chi connectivity index (χ1n) is 8.89. The van der Waals surface area contributed by atoms with Crippen LogP contribution in [0, 0.1) is 0 Å². The van der Waals surface area contributed by atoms with E-state index in [4.69, 9.17) is 16.3 Å². The summed E-state index contributed by atoms with van der Waals surface area (Å²) in [6.45, 7) is 0.719. The van der Waals surface area contributed by atoms with Gasteiger partial charge in [-0.15, -0.1) is 11.3 Å². The number of carboxylic acid groups (broad SMARTS) is 1. The summed E-state index contributed by atoms with van der Waals surface area (Å²) in [5, 5.41) is 10.2. The van der Waals surface area contributed by atoms with Crippen LogP contribution in [0.15, 0.2) is 30.6 Å². The number of ether oxygens (including phenoxy) is 1. The Morgan fingerprint density at radius 2 is 2.18 bits per heavy atom. The quantitative estimate of drug-likeness (QED) is 0.486. The molecule has 1 atom stereocenters. The standard InChI is InChI=1S/C19H15ClN4O3S/c20-19-22-15(11-5-4-10-7-13(18(25)26)28-12(10)8-11)16-17(23-19)24(9-21-16)14-3-1-2-6-27-14/h4-5,7-9,14H,1-3,6H2,(H,25,26). The highest BCUT2D eigenvalue weighted by molar-refractivity contribution is 7.20. The topological polar surface area (TPSA) is 90.1 Å². The molecule has 7 nitrogen and oxygen atoms in total. The van der Waals surface area contributed by atoms with E-state index in [-0.39, 0.29) is 11.5 Å². The summed E-state index contributed by atoms with van der Waals surface area (Å²) >= 11 is 7.46. The maximum atomic E-state index is 11.2. The molecule has 1 unspecified atom stereocenters. The number of halogens is 1. The molecule has 0 saturated carbocycles. The van der Waals surface area contributed by atoms with Crippen LogP contribution in [0.1, 0.15) is 35.2 Å². The number of hydrogen-bond donors (Lipinski definition) is 1. The van der Waals surface area contributed by atoms with Crippen molar-refractivity contribution in [1.29, 1.82) is 0 Å². The molecule has 142 valence electrons. The lowest BCUT2D eigenvalue weighted by Gasteiger charge is -2.23. The molecule has 1 N–H and O–H groups in total. The van der Waals surface area contributed by atoms with Gasteiger partial charge in [0.15, 0.2) is 5.65 Å². The van der Waals surface area contributed by atoms with Crippen LogP contribution in [0.2, 0.25) is 5.28 Å². The van der Waals surface area contributed by atoms with Crippen LogP contribution in [0.25, 0.3) is 32.5 Å². The van der Waals surface area contributed by atoms with Crippen molar-refractivity contribution >= 4 is 50.2 Å². The van der Waals surface area contributed by atoms with Crippen LogP contribution >= 0.6 is 22.9 Å². The van der Waals surface area contributed by atoms with E-state index in [2.05, 4.69) is 15.0 Å². The first-order valence-corrected chi connectivity index (χ1v) is 10.1. The molecule has 0 aliphatic carbocycles. The van der Waals surface area contributed by atoms with Crippen LogP contribution in [0.4, 0.5) is 0 Å². The van der Waals surface area contributed by atoms with E-state index in [1.807, 2.05) is 22.8 Å². The molecule has 0 radical (unpaired) electrons. The first-order chi connectivity index (χ1) is 13.6. The van der Waals surface area contributed by atoms with E-state index in [1.165, 1.54) is 11.3 Å². The lowest BCUT2D eigenvalue weighted by molar-refractivity contribution is -0.0298. The Balaban J connectivity index is 1.65. The zero-order chi connectivity index (χ0) is 19.3. The summed E-state index contributed by atoms with van der Waals surface area (Å²) in [4.78, 5) is 24.9. The average molecular weight is 415 g/mol. The summed E-state index contributed by atoms with van der Waals surface area (Å²) in [7, 11) is 0. The molecule has 0 spiro atoms. The number of imidazole rings is 1. The zero-order valence-electron chi connectivity index (χ0n) is 14.6. The minimum atomic E-state index is -0.929. The number of aromatic nitrogens is 4. The molecule has 1 fully saturated rings. The predicted molar refractivity (Wildman–Crippen MR) is 107 cm³/mol. The van der Waals surface area contributed by atoms with E-state index in [0.29, 0.717) is 21.7 Å². The number of benzene rings is 1. The fraction of sp³-hybridized carbons (Fsp3) is 0.263. The molecule has 1 aliphatic heterocycles. The predicted octanol–water partition coefficient (Wildman–Crippen LogP) is 4.76. The highest BCUT2D eigenvalue weighted by atomic mass is 35.5. The third-order valence-electron chi connectivity index (χ3n) is 4.86. The number of carbonyl (C=O) groups is 1. The highest BCUT2D eigenvalue weighted by Gasteiger charge is 2.22. The van der Waals surface area contributed by atoms with Gasteiger partial charge in [0, 0.05) is 16.9 Å². The Bertz CT molecular complexity index is 1210. The van der Waals surface area contributed by atoms with Crippen molar-refractivity contribution in [1.82, 2.24) is 19.5 Å². The van der Waals surface area contributed by atoms with E-state index in [9.17, 15) is 9.90 Å². The third-order valence-corrected chi connectivity index (χ3v) is 6.12. The molecule has 3 aromatic heterocycles. The SMILES string of the molecule is O=C(O)c1cc2ccc(-c3nc(Cl)nc4c3ncn4C3CCCCO3)cc2s1. The van der Waals surface area contributed by atoms with Crippen molar-refractivity contribution in [2.75, 3.05) is 6.61 Å². The average Bonchev–Trinajstić information content (AvgIpc) is 3.31. The van der Waals surface area contributed by atoms with Crippen molar-refractivity contribution in [3.8, 4) is 11.3 Å². The number of fused-ring (bicyclic) bond motifs is 2. The van der Waals surface area contributed by atoms with Crippen LogP contribution in [-0.4, -0.2) is 37.2 Å². The summed E-state index contributed by atoms with van der Waals surface area (Å²) in [5.74, 6) is -0.929. The summed E-state index contributed by atoms with van der Waals surface area (Å²) in [6.07, 6.45) is 4.68. The van der Waals surface area contributed by atoms with Crippen molar-refractivity contribution in [3.63, 3.8) is 0 Å².